The van der Waals surface area contributed by atoms with Crippen molar-refractivity contribution < 1.29 is 9.53 Å². The molecule has 0 heterocycles. The van der Waals surface area contributed by atoms with Gasteiger partial charge in [-0.15, -0.1) is 24.8 Å². The Morgan fingerprint density at radius 1 is 1.33 bits per heavy atom. The fourth-order valence-corrected chi connectivity index (χ4v) is 3.09. The van der Waals surface area contributed by atoms with E-state index in [1.54, 1.807) is 25.3 Å². The van der Waals surface area contributed by atoms with Crippen LogP contribution in [0.3, 0.4) is 0 Å². The van der Waals surface area contributed by atoms with Crippen molar-refractivity contribution in [3.63, 3.8) is 0 Å². The van der Waals surface area contributed by atoms with E-state index in [0.29, 0.717) is 30.3 Å². The van der Waals surface area contributed by atoms with Gasteiger partial charge in [0.2, 0.25) is 5.91 Å². The number of hydrogen-bond donors (Lipinski definition) is 3. The summed E-state index contributed by atoms with van der Waals surface area (Å²) in [5.41, 5.74) is 6.43. The highest BCUT2D eigenvalue weighted by molar-refractivity contribution is 6.30. The number of hydrogen-bond acceptors (Lipinski definition) is 4. The van der Waals surface area contributed by atoms with Crippen LogP contribution in [0.5, 0.6) is 5.75 Å². The van der Waals surface area contributed by atoms with Crippen LogP contribution in [-0.4, -0.2) is 31.6 Å². The van der Waals surface area contributed by atoms with Crippen LogP contribution in [0, 0.1) is 0 Å². The fraction of sp³-hybridized carbons (Fsp3) is 0.562. The molecule has 5 nitrogen and oxygen atoms in total. The minimum atomic E-state index is -0.190. The van der Waals surface area contributed by atoms with Crippen LogP contribution in [0.1, 0.15) is 32.1 Å². The zero-order chi connectivity index (χ0) is 16.0. The Labute approximate surface area is 160 Å². The van der Waals surface area contributed by atoms with Gasteiger partial charge in [0, 0.05) is 24.5 Å². The molecule has 1 saturated carbocycles. The molecule has 8 heteroatoms. The van der Waals surface area contributed by atoms with Gasteiger partial charge in [0.05, 0.1) is 18.3 Å². The van der Waals surface area contributed by atoms with E-state index < -0.39 is 0 Å². The SMILES string of the molecule is COc1ccc(Cl)cc1NCCC(=O)NC1(CN)CCCC1.Cl.Cl. The summed E-state index contributed by atoms with van der Waals surface area (Å²) in [7, 11) is 1.60. The maximum absolute atomic E-state index is 12.1. The number of ether oxygens (including phenoxy) is 1. The standard InChI is InChI=1S/C16H24ClN3O2.2ClH/c1-22-14-5-4-12(17)10-13(14)19-9-6-15(21)20-16(11-18)7-2-3-8-16;;/h4-5,10,19H,2-3,6-9,11,18H2,1H3,(H,20,21);2*1H. The minimum absolute atomic E-state index is 0. The number of benzene rings is 1. The highest BCUT2D eigenvalue weighted by Gasteiger charge is 2.33. The van der Waals surface area contributed by atoms with Gasteiger partial charge >= 0.3 is 0 Å². The van der Waals surface area contributed by atoms with Crippen molar-refractivity contribution >= 4 is 48.0 Å². The number of nitrogens with two attached hydrogens (primary N) is 1. The molecule has 0 spiro atoms. The van der Waals surface area contributed by atoms with Crippen LogP contribution in [0.2, 0.25) is 5.02 Å². The molecule has 24 heavy (non-hydrogen) atoms. The van der Waals surface area contributed by atoms with Gasteiger partial charge in [0.15, 0.2) is 0 Å². The summed E-state index contributed by atoms with van der Waals surface area (Å²) in [4.78, 5) is 12.1. The predicted octanol–water partition coefficient (Wildman–Crippen LogP) is 3.38. The Bertz CT molecular complexity index is 523. The summed E-state index contributed by atoms with van der Waals surface area (Å²) < 4.78 is 5.26. The Kier molecular flexibility index (Phi) is 10.5. The zero-order valence-electron chi connectivity index (χ0n) is 13.8. The van der Waals surface area contributed by atoms with E-state index in [-0.39, 0.29) is 36.3 Å². The number of amides is 1. The second kappa shape index (κ2) is 10.9. The van der Waals surface area contributed by atoms with Crippen molar-refractivity contribution in [2.75, 3.05) is 25.5 Å². The first-order chi connectivity index (χ1) is 10.6. The monoisotopic (exact) mass is 397 g/mol. The minimum Gasteiger partial charge on any atom is -0.495 e. The van der Waals surface area contributed by atoms with E-state index >= 15 is 0 Å². The number of methoxy groups -OCH3 is 1. The predicted molar refractivity (Wildman–Crippen MR) is 104 cm³/mol. The average Bonchev–Trinajstić information content (AvgIpc) is 2.96. The first-order valence-corrected chi connectivity index (χ1v) is 8.05. The molecule has 0 saturated heterocycles. The van der Waals surface area contributed by atoms with Crippen molar-refractivity contribution in [1.82, 2.24) is 5.32 Å². The van der Waals surface area contributed by atoms with E-state index in [1.807, 2.05) is 0 Å². The molecule has 0 radical (unpaired) electrons. The molecule has 0 unspecified atom stereocenters. The molecular weight excluding hydrogens is 373 g/mol. The molecule has 1 aliphatic rings. The second-order valence-electron chi connectivity index (χ2n) is 5.76. The van der Waals surface area contributed by atoms with E-state index in [0.717, 1.165) is 31.4 Å². The van der Waals surface area contributed by atoms with Crippen molar-refractivity contribution in [2.45, 2.75) is 37.6 Å². The summed E-state index contributed by atoms with van der Waals surface area (Å²) in [6.07, 6.45) is 4.61. The molecule has 1 fully saturated rings. The first kappa shape index (κ1) is 23.1. The number of rotatable bonds is 7. The first-order valence-electron chi connectivity index (χ1n) is 7.67. The maximum atomic E-state index is 12.1. The van der Waals surface area contributed by atoms with Gasteiger partial charge in [-0.3, -0.25) is 4.79 Å². The lowest BCUT2D eigenvalue weighted by atomic mass is 9.97. The molecule has 1 aromatic carbocycles. The molecule has 0 aliphatic heterocycles. The van der Waals surface area contributed by atoms with Crippen LogP contribution in [-0.2, 0) is 4.79 Å². The highest BCUT2D eigenvalue weighted by Crippen LogP contribution is 2.29. The molecule has 2 rings (SSSR count). The van der Waals surface area contributed by atoms with Gasteiger partial charge < -0.3 is 21.1 Å². The molecule has 0 aromatic heterocycles. The van der Waals surface area contributed by atoms with Crippen molar-refractivity contribution in [2.24, 2.45) is 5.73 Å². The Morgan fingerprint density at radius 3 is 2.58 bits per heavy atom. The van der Waals surface area contributed by atoms with Crippen molar-refractivity contribution in [3.8, 4) is 5.75 Å². The summed E-state index contributed by atoms with van der Waals surface area (Å²) in [5.74, 6) is 0.736. The van der Waals surface area contributed by atoms with Crippen LogP contribution in [0.15, 0.2) is 18.2 Å². The quantitative estimate of drug-likeness (QED) is 0.658. The van der Waals surface area contributed by atoms with Crippen molar-refractivity contribution in [1.29, 1.82) is 0 Å². The third kappa shape index (κ3) is 6.20. The molecule has 0 atom stereocenters. The van der Waals surface area contributed by atoms with Crippen LogP contribution in [0.4, 0.5) is 5.69 Å². The summed E-state index contributed by atoms with van der Waals surface area (Å²) >= 11 is 5.98. The molecule has 1 aliphatic carbocycles. The fourth-order valence-electron chi connectivity index (χ4n) is 2.92. The summed E-state index contributed by atoms with van der Waals surface area (Å²) in [5, 5.41) is 6.92. The normalized spacial score (nSPS) is 15.0. The van der Waals surface area contributed by atoms with E-state index in [2.05, 4.69) is 10.6 Å². The van der Waals surface area contributed by atoms with E-state index in [9.17, 15) is 4.79 Å². The van der Waals surface area contributed by atoms with Crippen molar-refractivity contribution in [3.05, 3.63) is 23.2 Å². The lowest BCUT2D eigenvalue weighted by molar-refractivity contribution is -0.122. The van der Waals surface area contributed by atoms with Gasteiger partial charge in [-0.05, 0) is 31.0 Å². The van der Waals surface area contributed by atoms with Crippen LogP contribution >= 0.6 is 36.4 Å². The number of carbonyl (C=O) groups is 1. The Hall–Kier alpha value is -0.880. The number of halogens is 3. The third-order valence-electron chi connectivity index (χ3n) is 4.19. The average molecular weight is 399 g/mol. The Balaban J connectivity index is 0.00000264. The van der Waals surface area contributed by atoms with Gasteiger partial charge in [-0.2, -0.15) is 0 Å². The molecule has 1 amide bonds. The maximum Gasteiger partial charge on any atom is 0.222 e. The molecular formula is C16H26Cl3N3O2. The third-order valence-corrected chi connectivity index (χ3v) is 4.42. The molecule has 0 bridgehead atoms. The van der Waals surface area contributed by atoms with Gasteiger partial charge in [-0.25, -0.2) is 0 Å². The number of nitrogens with one attached hydrogen (secondary N) is 2. The lowest BCUT2D eigenvalue weighted by Crippen LogP contribution is -2.51. The molecule has 4 N–H and O–H groups in total. The second-order valence-corrected chi connectivity index (χ2v) is 6.20. The molecule has 1 aromatic rings. The summed E-state index contributed by atoms with van der Waals surface area (Å²) in [6.45, 7) is 1.03. The summed E-state index contributed by atoms with van der Waals surface area (Å²) in [6, 6.07) is 5.35. The number of anilines is 1. The smallest absolute Gasteiger partial charge is 0.222 e. The van der Waals surface area contributed by atoms with E-state index in [4.69, 9.17) is 22.1 Å². The van der Waals surface area contributed by atoms with Crippen LogP contribution < -0.4 is 21.1 Å². The van der Waals surface area contributed by atoms with Gasteiger partial charge in [-0.1, -0.05) is 24.4 Å². The Morgan fingerprint density at radius 2 is 2.00 bits per heavy atom. The molecule has 138 valence electrons. The van der Waals surface area contributed by atoms with Gasteiger partial charge in [0.1, 0.15) is 5.75 Å². The van der Waals surface area contributed by atoms with Gasteiger partial charge in [0.25, 0.3) is 0 Å². The highest BCUT2D eigenvalue weighted by atomic mass is 35.5. The number of carbonyl (C=O) groups excluding carboxylic acids is 1. The topological polar surface area (TPSA) is 76.4 Å². The lowest BCUT2D eigenvalue weighted by Gasteiger charge is -2.28. The van der Waals surface area contributed by atoms with E-state index in [1.165, 1.54) is 0 Å². The largest absolute Gasteiger partial charge is 0.495 e. The zero-order valence-corrected chi connectivity index (χ0v) is 16.2. The van der Waals surface area contributed by atoms with Crippen LogP contribution in [0.25, 0.3) is 0 Å².